The molecule has 1 aromatic heterocycles. The number of carbonyl (C=O) groups is 1. The van der Waals surface area contributed by atoms with Crippen LogP contribution >= 0.6 is 11.3 Å². The van der Waals surface area contributed by atoms with E-state index < -0.39 is 0 Å². The number of nitrogens with zero attached hydrogens (tertiary/aromatic N) is 1. The summed E-state index contributed by atoms with van der Waals surface area (Å²) in [7, 11) is 0. The highest BCUT2D eigenvalue weighted by atomic mass is 32.1. The van der Waals surface area contributed by atoms with E-state index >= 15 is 0 Å². The summed E-state index contributed by atoms with van der Waals surface area (Å²) in [6, 6.07) is 3.65. The molecule has 2 rings (SSSR count). The van der Waals surface area contributed by atoms with E-state index in [-0.39, 0.29) is 5.91 Å². The molecule has 1 amide bonds. The Morgan fingerprint density at radius 1 is 1.58 bits per heavy atom. The maximum atomic E-state index is 11.8. The highest BCUT2D eigenvalue weighted by Crippen LogP contribution is 2.26. The molecule has 0 unspecified atom stereocenters. The predicted molar refractivity (Wildman–Crippen MR) is 80.5 cm³/mol. The van der Waals surface area contributed by atoms with Gasteiger partial charge in [-0.1, -0.05) is 24.3 Å². The molecule has 0 aliphatic heterocycles. The van der Waals surface area contributed by atoms with Crippen molar-refractivity contribution in [2.75, 3.05) is 0 Å². The molecule has 0 spiro atoms. The number of hydrazone groups is 1. The topological polar surface area (TPSA) is 41.5 Å². The summed E-state index contributed by atoms with van der Waals surface area (Å²) in [5, 5.41) is 6.15. The Labute approximate surface area is 117 Å². The van der Waals surface area contributed by atoms with Gasteiger partial charge in [-0.05, 0) is 49.6 Å². The number of thiophene rings is 1. The van der Waals surface area contributed by atoms with Crippen LogP contribution in [0.25, 0.3) is 0 Å². The Bertz CT molecular complexity index is 541. The largest absolute Gasteiger partial charge is 0.281 e. The van der Waals surface area contributed by atoms with Gasteiger partial charge in [0.1, 0.15) is 0 Å². The first-order chi connectivity index (χ1) is 9.08. The first kappa shape index (κ1) is 13.7. The summed E-state index contributed by atoms with van der Waals surface area (Å²) in [5.41, 5.74) is 5.89. The minimum atomic E-state index is -0.146. The Morgan fingerprint density at radius 2 is 2.37 bits per heavy atom. The summed E-state index contributed by atoms with van der Waals surface area (Å²) in [6.45, 7) is 8.08. The third-order valence-corrected chi connectivity index (χ3v) is 4.21. The Hall–Kier alpha value is -1.68. The molecule has 1 atom stereocenters. The Morgan fingerprint density at radius 3 is 3.00 bits per heavy atom. The lowest BCUT2D eigenvalue weighted by atomic mass is 9.85. The zero-order valence-electron chi connectivity index (χ0n) is 11.3. The molecule has 1 aromatic rings. The summed E-state index contributed by atoms with van der Waals surface area (Å²) >= 11 is 1.41. The predicted octanol–water partition coefficient (Wildman–Crippen LogP) is 3.77. The highest BCUT2D eigenvalue weighted by Gasteiger charge is 2.18. The van der Waals surface area contributed by atoms with Crippen molar-refractivity contribution in [1.82, 2.24) is 5.43 Å². The van der Waals surface area contributed by atoms with Gasteiger partial charge in [0.25, 0.3) is 5.91 Å². The number of carbonyl (C=O) groups excluding carboxylic acids is 1. The van der Waals surface area contributed by atoms with E-state index in [1.54, 1.807) is 6.07 Å². The molecule has 1 heterocycles. The van der Waals surface area contributed by atoms with Crippen LogP contribution in [-0.4, -0.2) is 11.6 Å². The van der Waals surface area contributed by atoms with E-state index in [1.807, 2.05) is 25.3 Å². The molecule has 3 nitrogen and oxygen atoms in total. The first-order valence-electron chi connectivity index (χ1n) is 6.31. The molecule has 4 heteroatoms. The highest BCUT2D eigenvalue weighted by molar-refractivity contribution is 7.12. The molecule has 1 N–H and O–H groups in total. The zero-order valence-corrected chi connectivity index (χ0v) is 12.1. The average molecular weight is 274 g/mol. The molecular weight excluding hydrogens is 256 g/mol. The Kier molecular flexibility index (Phi) is 4.32. The van der Waals surface area contributed by atoms with Crippen molar-refractivity contribution in [2.24, 2.45) is 11.0 Å². The van der Waals surface area contributed by atoms with Gasteiger partial charge in [0, 0.05) is 0 Å². The van der Waals surface area contributed by atoms with Crippen LogP contribution in [0.4, 0.5) is 0 Å². The lowest BCUT2D eigenvalue weighted by molar-refractivity contribution is 0.0959. The van der Waals surface area contributed by atoms with Crippen LogP contribution in [0.3, 0.4) is 0 Å². The van der Waals surface area contributed by atoms with Crippen LogP contribution in [-0.2, 0) is 0 Å². The molecule has 0 bridgehead atoms. The van der Waals surface area contributed by atoms with E-state index in [1.165, 1.54) is 16.9 Å². The minimum Gasteiger partial charge on any atom is -0.266 e. The zero-order chi connectivity index (χ0) is 13.8. The van der Waals surface area contributed by atoms with Crippen molar-refractivity contribution >= 4 is 23.0 Å². The van der Waals surface area contributed by atoms with E-state index in [4.69, 9.17) is 0 Å². The molecule has 1 aliphatic rings. The summed E-state index contributed by atoms with van der Waals surface area (Å²) in [4.78, 5) is 12.5. The fourth-order valence-electron chi connectivity index (χ4n) is 2.00. The monoisotopic (exact) mass is 274 g/mol. The number of rotatable bonds is 3. The SMILES string of the molecule is C=C(C)[C@@H]1CC=C(C)/C(=N/NC(=O)c2cccs2)C1. The van der Waals surface area contributed by atoms with Crippen molar-refractivity contribution in [1.29, 1.82) is 0 Å². The second-order valence-electron chi connectivity index (χ2n) is 4.85. The summed E-state index contributed by atoms with van der Waals surface area (Å²) < 4.78 is 0. The van der Waals surface area contributed by atoms with Crippen LogP contribution in [0.2, 0.25) is 0 Å². The molecule has 0 saturated heterocycles. The fraction of sp³-hybridized carbons (Fsp3) is 0.333. The standard InChI is InChI=1S/C15H18N2OS/c1-10(2)12-7-6-11(3)13(9-12)16-17-15(18)14-5-4-8-19-14/h4-6,8,12H,1,7,9H2,2-3H3,(H,17,18)/b16-13+/t12-/m1/s1. The van der Waals surface area contributed by atoms with Gasteiger partial charge in [-0.15, -0.1) is 11.3 Å². The second-order valence-corrected chi connectivity index (χ2v) is 5.79. The second kappa shape index (κ2) is 5.97. The van der Waals surface area contributed by atoms with Crippen molar-refractivity contribution in [3.05, 3.63) is 46.2 Å². The van der Waals surface area contributed by atoms with Crippen LogP contribution in [0.15, 0.2) is 46.4 Å². The quantitative estimate of drug-likeness (QED) is 0.661. The average Bonchev–Trinajstić information content (AvgIpc) is 2.91. The number of nitrogens with one attached hydrogen (secondary N) is 1. The molecular formula is C15H18N2OS. The van der Waals surface area contributed by atoms with Gasteiger partial charge in [-0.3, -0.25) is 4.79 Å². The number of hydrogen-bond acceptors (Lipinski definition) is 3. The summed E-state index contributed by atoms with van der Waals surface area (Å²) in [5.74, 6) is 0.286. The van der Waals surface area contributed by atoms with Crippen molar-refractivity contribution < 1.29 is 4.79 Å². The van der Waals surface area contributed by atoms with Gasteiger partial charge >= 0.3 is 0 Å². The molecule has 0 saturated carbocycles. The molecule has 0 radical (unpaired) electrons. The lowest BCUT2D eigenvalue weighted by Crippen LogP contribution is -2.22. The first-order valence-corrected chi connectivity index (χ1v) is 7.19. The van der Waals surface area contributed by atoms with Gasteiger partial charge in [0.05, 0.1) is 10.6 Å². The van der Waals surface area contributed by atoms with Crippen molar-refractivity contribution in [2.45, 2.75) is 26.7 Å². The number of amides is 1. The van der Waals surface area contributed by atoms with Gasteiger partial charge in [0.2, 0.25) is 0 Å². The lowest BCUT2D eigenvalue weighted by Gasteiger charge is -2.22. The molecule has 0 aromatic carbocycles. The van der Waals surface area contributed by atoms with E-state index in [0.717, 1.165) is 24.1 Å². The molecule has 100 valence electrons. The minimum absolute atomic E-state index is 0.146. The Balaban J connectivity index is 2.06. The van der Waals surface area contributed by atoms with Crippen LogP contribution in [0.5, 0.6) is 0 Å². The maximum Gasteiger partial charge on any atom is 0.281 e. The summed E-state index contributed by atoms with van der Waals surface area (Å²) in [6.07, 6.45) is 4.03. The van der Waals surface area contributed by atoms with E-state index in [0.29, 0.717) is 10.8 Å². The van der Waals surface area contributed by atoms with Crippen molar-refractivity contribution in [3.63, 3.8) is 0 Å². The smallest absolute Gasteiger partial charge is 0.266 e. The van der Waals surface area contributed by atoms with Gasteiger partial charge in [-0.25, -0.2) is 5.43 Å². The molecule has 19 heavy (non-hydrogen) atoms. The van der Waals surface area contributed by atoms with Crippen molar-refractivity contribution in [3.8, 4) is 0 Å². The van der Waals surface area contributed by atoms with Gasteiger partial charge < -0.3 is 0 Å². The van der Waals surface area contributed by atoms with Crippen LogP contribution in [0, 0.1) is 5.92 Å². The third kappa shape index (κ3) is 3.41. The van der Waals surface area contributed by atoms with Gasteiger partial charge in [0.15, 0.2) is 0 Å². The number of hydrogen-bond donors (Lipinski definition) is 1. The van der Waals surface area contributed by atoms with Gasteiger partial charge in [-0.2, -0.15) is 5.10 Å². The third-order valence-electron chi connectivity index (χ3n) is 3.34. The molecule has 0 fully saturated rings. The van der Waals surface area contributed by atoms with Crippen LogP contribution in [0.1, 0.15) is 36.4 Å². The van der Waals surface area contributed by atoms with E-state index in [2.05, 4.69) is 23.2 Å². The fourth-order valence-corrected chi connectivity index (χ4v) is 2.62. The normalized spacial score (nSPS) is 21.1. The number of allylic oxidation sites excluding steroid dienone is 3. The van der Waals surface area contributed by atoms with E-state index in [9.17, 15) is 4.79 Å². The maximum absolute atomic E-state index is 11.8. The van der Waals surface area contributed by atoms with Crippen LogP contribution < -0.4 is 5.43 Å². The molecule has 1 aliphatic carbocycles.